The number of thiophene rings is 3. The van der Waals surface area contributed by atoms with Gasteiger partial charge in [0.2, 0.25) is 0 Å². The lowest BCUT2D eigenvalue weighted by Crippen LogP contribution is -2.00. The van der Waals surface area contributed by atoms with Crippen LogP contribution >= 0.6 is 34.0 Å². The summed E-state index contributed by atoms with van der Waals surface area (Å²) >= 11 is 5.52. The second kappa shape index (κ2) is 37.7. The SMILES string of the molecule is c1ccc(-c2cccc(-c3nc(-c4ccccc4)nc(-c4ccc5c(c4)oc4c(-c6cccc(-c7ccc8sc9ccccc9c8c7)c6)cccc45)n3)c2)cc1.c1ccc(-c2nc(-c3ccccc3)nc(-c3ccc4c(c3)oc3c(-c5ccc6sc7ccccc7c6c5)cccc34)n2)cc1.c1ccc(-c2nc(-c3ccccc3)nc(-c3ccc4c(c3)oc3c(-c5cccc(-c6ccc7sc8ccccc8c7c6)c5)cccc34)n2)cc1. The predicted molar refractivity (Wildman–Crippen MR) is 622 cm³/mol. The van der Waals surface area contributed by atoms with Crippen molar-refractivity contribution >= 4 is 160 Å². The van der Waals surface area contributed by atoms with Crippen LogP contribution in [-0.4, -0.2) is 44.9 Å². The Morgan fingerprint density at radius 3 is 0.640 bits per heavy atom. The van der Waals surface area contributed by atoms with Crippen LogP contribution in [0.15, 0.2) is 505 Å². The van der Waals surface area contributed by atoms with Gasteiger partial charge in [0.05, 0.1) is 0 Å². The van der Waals surface area contributed by atoms with Crippen LogP contribution in [0.4, 0.5) is 0 Å². The number of hydrogen-bond donors (Lipinski definition) is 0. The minimum Gasteiger partial charge on any atom is -0.455 e. The normalized spacial score (nSPS) is 11.6. The molecular weight excluding hydrogens is 1890 g/mol. The Labute approximate surface area is 872 Å². The molecule has 30 rings (SSSR count). The molecule has 12 nitrogen and oxygen atoms in total. The van der Waals surface area contributed by atoms with Gasteiger partial charge in [-0.15, -0.1) is 34.0 Å². The van der Waals surface area contributed by atoms with Gasteiger partial charge in [0.25, 0.3) is 0 Å². The van der Waals surface area contributed by atoms with Crippen LogP contribution < -0.4 is 0 Å². The Balaban J connectivity index is 0.000000109. The van der Waals surface area contributed by atoms with Gasteiger partial charge < -0.3 is 13.3 Å². The van der Waals surface area contributed by atoms with Gasteiger partial charge in [-0.2, -0.15) is 0 Å². The van der Waals surface area contributed by atoms with Gasteiger partial charge in [-0.05, 0) is 159 Å². The molecule has 21 aromatic carbocycles. The Morgan fingerprint density at radius 2 is 0.320 bits per heavy atom. The number of nitrogens with zero attached hydrogens (tertiary/aromatic N) is 9. The topological polar surface area (TPSA) is 155 Å². The molecule has 0 aliphatic heterocycles. The van der Waals surface area contributed by atoms with E-state index in [-0.39, 0.29) is 0 Å². The quantitative estimate of drug-likeness (QED) is 0.0959. The van der Waals surface area contributed by atoms with E-state index in [1.165, 1.54) is 82.8 Å². The number of hydrogen-bond acceptors (Lipinski definition) is 15. The fourth-order valence-corrected chi connectivity index (χ4v) is 23.9. The van der Waals surface area contributed by atoms with Crippen molar-refractivity contribution in [3.63, 3.8) is 0 Å². The van der Waals surface area contributed by atoms with Crippen LogP contribution in [0, 0.1) is 0 Å². The van der Waals surface area contributed by atoms with Crippen LogP contribution in [0.3, 0.4) is 0 Å². The first-order valence-electron chi connectivity index (χ1n) is 49.8. The third-order valence-electron chi connectivity index (χ3n) is 28.0. The van der Waals surface area contributed by atoms with E-state index in [0.717, 1.165) is 160 Å². The molecule has 0 unspecified atom stereocenters. The number of benzene rings is 21. The van der Waals surface area contributed by atoms with Crippen LogP contribution in [0.1, 0.15) is 0 Å². The number of aromatic nitrogens is 9. The largest absolute Gasteiger partial charge is 0.455 e. The molecule has 0 atom stereocenters. The lowest BCUT2D eigenvalue weighted by molar-refractivity contribution is 0.669. The summed E-state index contributed by atoms with van der Waals surface area (Å²) in [6, 6.07) is 171. The zero-order valence-corrected chi connectivity index (χ0v) is 82.7. The van der Waals surface area contributed by atoms with E-state index in [0.29, 0.717) is 52.4 Å². The summed E-state index contributed by atoms with van der Waals surface area (Å²) in [4.78, 5) is 44.4. The van der Waals surface area contributed by atoms with Crippen molar-refractivity contribution in [1.82, 2.24) is 44.9 Å². The van der Waals surface area contributed by atoms with Crippen LogP contribution in [-0.2, 0) is 0 Å². The molecule has 150 heavy (non-hydrogen) atoms. The van der Waals surface area contributed by atoms with Crippen molar-refractivity contribution < 1.29 is 13.3 Å². The van der Waals surface area contributed by atoms with Crippen molar-refractivity contribution in [2.75, 3.05) is 0 Å². The lowest BCUT2D eigenvalue weighted by Gasteiger charge is -2.09. The average molecular weight is 1970 g/mol. The zero-order valence-electron chi connectivity index (χ0n) is 80.2. The molecule has 0 bridgehead atoms. The standard InChI is InChI=1S/C51H31N3OS.C45H27N3OS.C39H23N3OS/c1-3-12-32(13-4-1)34-16-10-19-38(29-34)50-52-49(33-14-5-2-6-15-33)53-51(54-50)39-24-26-41-43-22-11-21-40(48(43)55-45(41)31-39)37-18-9-17-35(28-37)36-25-27-47-44(30-36)42-20-7-8-23-46(42)56-47;1-3-11-28(12-4-1)43-46-44(29-13-5-2-6-14-29)48-45(47-43)33-21-23-35-37-19-10-18-34(42(37)49-39(35)27-33)32-16-9-15-30(25-32)31-22-24-41-38(26-31)36-17-7-8-20-40(36)50-41;1-3-10-24(11-4-1)37-40-38(25-12-5-2-6-13-25)42-39(41-37)27-18-20-29-31-16-9-15-28(36(31)43-33(29)23-27)26-19-21-35-32(22-26)30-14-7-8-17-34(30)44-35/h1-31H;1-27H;1-23H. The third kappa shape index (κ3) is 16.6. The maximum absolute atomic E-state index is 6.77. The van der Waals surface area contributed by atoms with Crippen molar-refractivity contribution in [3.8, 4) is 169 Å². The summed E-state index contributed by atoms with van der Waals surface area (Å²) in [5.41, 5.74) is 26.7. The average Bonchev–Trinajstić information content (AvgIpc) is 1.60. The molecule has 0 aliphatic carbocycles. The lowest BCUT2D eigenvalue weighted by atomic mass is 9.97. The first kappa shape index (κ1) is 88.4. The van der Waals surface area contributed by atoms with Gasteiger partial charge in [0, 0.05) is 160 Å². The number of rotatable bonds is 15. The molecule has 702 valence electrons. The monoisotopic (exact) mass is 1970 g/mol. The van der Waals surface area contributed by atoms with E-state index in [2.05, 4.69) is 328 Å². The first-order chi connectivity index (χ1) is 74.2. The molecule has 0 radical (unpaired) electrons. The maximum atomic E-state index is 6.77. The molecule has 9 aromatic heterocycles. The molecular formula is C135H81N9O3S3. The van der Waals surface area contributed by atoms with Gasteiger partial charge in [-0.25, -0.2) is 44.9 Å². The Morgan fingerprint density at radius 1 is 0.120 bits per heavy atom. The molecule has 0 spiro atoms. The Bertz CT molecular complexity index is 10400. The van der Waals surface area contributed by atoms with E-state index in [4.69, 9.17) is 58.1 Å². The second-order valence-corrected chi connectivity index (χ2v) is 40.5. The molecule has 0 saturated heterocycles. The highest BCUT2D eigenvalue weighted by Gasteiger charge is 2.25. The first-order valence-corrected chi connectivity index (χ1v) is 52.2. The Hall–Kier alpha value is -19.3. The Kier molecular flexibility index (Phi) is 22.2. The molecule has 0 N–H and O–H groups in total. The summed E-state index contributed by atoms with van der Waals surface area (Å²) in [7, 11) is 0. The number of fused-ring (bicyclic) bond motifs is 18. The van der Waals surface area contributed by atoms with Gasteiger partial charge >= 0.3 is 0 Å². The molecule has 9 heterocycles. The minimum absolute atomic E-state index is 0.588. The van der Waals surface area contributed by atoms with E-state index in [1.807, 2.05) is 198 Å². The van der Waals surface area contributed by atoms with E-state index in [1.54, 1.807) is 0 Å². The highest BCUT2D eigenvalue weighted by molar-refractivity contribution is 7.26. The van der Waals surface area contributed by atoms with Crippen molar-refractivity contribution in [3.05, 3.63) is 491 Å². The summed E-state index contributed by atoms with van der Waals surface area (Å²) < 4.78 is 27.9. The van der Waals surface area contributed by atoms with Crippen LogP contribution in [0.2, 0.25) is 0 Å². The van der Waals surface area contributed by atoms with Gasteiger partial charge in [-0.1, -0.05) is 382 Å². The second-order valence-electron chi connectivity index (χ2n) is 37.3. The fourth-order valence-electron chi connectivity index (χ4n) is 20.6. The van der Waals surface area contributed by atoms with Crippen LogP contribution in [0.5, 0.6) is 0 Å². The van der Waals surface area contributed by atoms with Crippen molar-refractivity contribution in [2.45, 2.75) is 0 Å². The highest BCUT2D eigenvalue weighted by atomic mass is 32.1. The van der Waals surface area contributed by atoms with E-state index in [9.17, 15) is 0 Å². The summed E-state index contributed by atoms with van der Waals surface area (Å²) in [5.74, 6) is 5.57. The molecule has 0 aliphatic rings. The molecule has 0 saturated carbocycles. The highest BCUT2D eigenvalue weighted by Crippen LogP contribution is 2.48. The summed E-state index contributed by atoms with van der Waals surface area (Å²) in [6.07, 6.45) is 0. The predicted octanol–water partition coefficient (Wildman–Crippen LogP) is 37.4. The van der Waals surface area contributed by atoms with E-state index >= 15 is 0 Å². The maximum Gasteiger partial charge on any atom is 0.164 e. The third-order valence-corrected chi connectivity index (χ3v) is 31.5. The van der Waals surface area contributed by atoms with Gasteiger partial charge in [0.1, 0.15) is 33.5 Å². The van der Waals surface area contributed by atoms with Crippen molar-refractivity contribution in [2.24, 2.45) is 0 Å². The molecule has 15 heteroatoms. The zero-order chi connectivity index (χ0) is 99.1. The molecule has 0 fully saturated rings. The minimum atomic E-state index is 0.588. The molecule has 30 aromatic rings. The van der Waals surface area contributed by atoms with Crippen LogP contribution in [0.25, 0.3) is 296 Å². The smallest absolute Gasteiger partial charge is 0.164 e. The van der Waals surface area contributed by atoms with Gasteiger partial charge in [-0.3, -0.25) is 0 Å². The molecule has 0 amide bonds. The van der Waals surface area contributed by atoms with Crippen molar-refractivity contribution in [1.29, 1.82) is 0 Å². The number of furan rings is 3. The summed E-state index contributed by atoms with van der Waals surface area (Å²) in [5, 5.41) is 14.2. The van der Waals surface area contributed by atoms with Gasteiger partial charge in [0.15, 0.2) is 52.4 Å². The summed E-state index contributed by atoms with van der Waals surface area (Å²) in [6.45, 7) is 0. The van der Waals surface area contributed by atoms with E-state index < -0.39 is 0 Å². The fraction of sp³-hybridized carbons (Fsp3) is 0. The number of para-hydroxylation sites is 3.